The van der Waals surface area contributed by atoms with E-state index in [0.29, 0.717) is 5.75 Å². The van der Waals surface area contributed by atoms with Crippen molar-refractivity contribution in [2.75, 3.05) is 12.4 Å². The van der Waals surface area contributed by atoms with Gasteiger partial charge in [0.15, 0.2) is 5.11 Å². The minimum Gasteiger partial charge on any atom is -0.506 e. The molecule has 3 N–H and O–H groups in total. The molecule has 0 aliphatic carbocycles. The summed E-state index contributed by atoms with van der Waals surface area (Å²) in [5.74, 6) is -0.0297. The third kappa shape index (κ3) is 5.28. The van der Waals surface area contributed by atoms with E-state index in [0.717, 1.165) is 23.8 Å². The summed E-state index contributed by atoms with van der Waals surface area (Å²) in [6.07, 6.45) is 2.87. The van der Waals surface area contributed by atoms with E-state index < -0.39 is 10.8 Å². The zero-order chi connectivity index (χ0) is 19.1. The Hall–Kier alpha value is -3.46. The molecule has 0 atom stereocenters. The van der Waals surface area contributed by atoms with Crippen molar-refractivity contribution in [3.05, 3.63) is 64.2 Å². The summed E-state index contributed by atoms with van der Waals surface area (Å²) in [5.41, 5.74) is 0.582. The molecular weight excluding hydrogens is 358 g/mol. The van der Waals surface area contributed by atoms with Gasteiger partial charge in [-0.2, -0.15) is 0 Å². The van der Waals surface area contributed by atoms with Gasteiger partial charge < -0.3 is 15.2 Å². The average molecular weight is 373 g/mol. The Balaban J connectivity index is 1.96. The highest BCUT2D eigenvalue weighted by atomic mass is 32.1. The lowest BCUT2D eigenvalue weighted by Gasteiger charge is -2.09. The van der Waals surface area contributed by atoms with Crippen LogP contribution < -0.4 is 15.4 Å². The molecule has 134 valence electrons. The molecule has 26 heavy (non-hydrogen) atoms. The summed E-state index contributed by atoms with van der Waals surface area (Å²) in [6.45, 7) is 0. The number of nitrogens with one attached hydrogen (secondary N) is 2. The fraction of sp³-hybridized carbons (Fsp3) is 0.0588. The number of aromatic hydroxyl groups is 1. The first-order valence-corrected chi connectivity index (χ1v) is 7.71. The zero-order valence-corrected chi connectivity index (χ0v) is 14.4. The number of anilines is 1. The molecule has 0 aliphatic heterocycles. The number of ether oxygens (including phenoxy) is 1. The van der Waals surface area contributed by atoms with Crippen molar-refractivity contribution in [1.29, 1.82) is 0 Å². The highest BCUT2D eigenvalue weighted by Crippen LogP contribution is 2.27. The standard InChI is InChI=1S/C17H15N3O5S/c1-25-13-6-2-11(3-7-13)4-9-16(22)19-17(26)18-14-10-12(20(23)24)5-8-15(14)21/h2-10,21H,1H3,(H2,18,19,22,26). The summed E-state index contributed by atoms with van der Waals surface area (Å²) in [6, 6.07) is 10.5. The minimum absolute atomic E-state index is 0.0173. The molecule has 2 rings (SSSR count). The van der Waals surface area contributed by atoms with E-state index in [1.807, 2.05) is 0 Å². The van der Waals surface area contributed by atoms with Crippen LogP contribution in [-0.2, 0) is 4.79 Å². The van der Waals surface area contributed by atoms with Gasteiger partial charge in [-0.05, 0) is 42.1 Å². The molecule has 0 saturated heterocycles. The first kappa shape index (κ1) is 18.9. The number of hydrogen-bond acceptors (Lipinski definition) is 6. The van der Waals surface area contributed by atoms with Crippen LogP contribution in [0.3, 0.4) is 0 Å². The fourth-order valence-corrected chi connectivity index (χ4v) is 2.14. The van der Waals surface area contributed by atoms with Crippen LogP contribution in [-0.4, -0.2) is 28.2 Å². The van der Waals surface area contributed by atoms with Crippen LogP contribution in [0.5, 0.6) is 11.5 Å². The van der Waals surface area contributed by atoms with Gasteiger partial charge >= 0.3 is 0 Å². The Kier molecular flexibility index (Phi) is 6.23. The van der Waals surface area contributed by atoms with Gasteiger partial charge in [-0.25, -0.2) is 0 Å². The van der Waals surface area contributed by atoms with Crippen LogP contribution in [0.1, 0.15) is 5.56 Å². The van der Waals surface area contributed by atoms with Gasteiger partial charge in [0.1, 0.15) is 11.5 Å². The third-order valence-electron chi connectivity index (χ3n) is 3.22. The molecule has 0 bridgehead atoms. The van der Waals surface area contributed by atoms with Gasteiger partial charge in [-0.1, -0.05) is 12.1 Å². The van der Waals surface area contributed by atoms with E-state index >= 15 is 0 Å². The number of phenols is 1. The van der Waals surface area contributed by atoms with Crippen molar-refractivity contribution >= 4 is 40.7 Å². The van der Waals surface area contributed by atoms with Crippen LogP contribution in [0.2, 0.25) is 0 Å². The maximum Gasteiger partial charge on any atom is 0.271 e. The van der Waals surface area contributed by atoms with Gasteiger partial charge in [-0.15, -0.1) is 0 Å². The van der Waals surface area contributed by atoms with Gasteiger partial charge in [0.05, 0.1) is 17.7 Å². The lowest BCUT2D eigenvalue weighted by molar-refractivity contribution is -0.384. The lowest BCUT2D eigenvalue weighted by Crippen LogP contribution is -2.32. The van der Waals surface area contributed by atoms with Crippen LogP contribution in [0.25, 0.3) is 6.08 Å². The normalized spacial score (nSPS) is 10.3. The fourth-order valence-electron chi connectivity index (χ4n) is 1.93. The van der Waals surface area contributed by atoms with E-state index in [1.54, 1.807) is 37.5 Å². The molecule has 8 nitrogen and oxygen atoms in total. The average Bonchev–Trinajstić information content (AvgIpc) is 2.62. The molecule has 2 aromatic carbocycles. The van der Waals surface area contributed by atoms with Crippen LogP contribution in [0.15, 0.2) is 48.5 Å². The SMILES string of the molecule is COc1ccc(C=CC(=O)NC(=S)Nc2cc([N+](=O)[O-])ccc2O)cc1. The van der Waals surface area contributed by atoms with Gasteiger partial charge in [0.25, 0.3) is 5.69 Å². The molecule has 2 aromatic rings. The second kappa shape index (κ2) is 8.58. The highest BCUT2D eigenvalue weighted by molar-refractivity contribution is 7.80. The molecule has 0 radical (unpaired) electrons. The number of carbonyl (C=O) groups excluding carboxylic acids is 1. The predicted molar refractivity (Wildman–Crippen MR) is 101 cm³/mol. The number of nitro groups is 1. The molecule has 9 heteroatoms. The Morgan fingerprint density at radius 2 is 1.96 bits per heavy atom. The molecule has 0 saturated carbocycles. The smallest absolute Gasteiger partial charge is 0.271 e. The number of non-ortho nitro benzene ring substituents is 1. The minimum atomic E-state index is -0.607. The number of benzene rings is 2. The highest BCUT2D eigenvalue weighted by Gasteiger charge is 2.11. The monoisotopic (exact) mass is 373 g/mol. The number of thiocarbonyl (C=S) groups is 1. The Labute approximate surface area is 154 Å². The maximum absolute atomic E-state index is 11.9. The van der Waals surface area contributed by atoms with Crippen molar-refractivity contribution in [3.63, 3.8) is 0 Å². The number of nitrogens with zero attached hydrogens (tertiary/aromatic N) is 1. The summed E-state index contributed by atoms with van der Waals surface area (Å²) in [4.78, 5) is 22.0. The molecule has 0 unspecified atom stereocenters. The number of methoxy groups -OCH3 is 1. The Morgan fingerprint density at radius 1 is 1.27 bits per heavy atom. The van der Waals surface area contributed by atoms with Crippen molar-refractivity contribution in [2.45, 2.75) is 0 Å². The van der Waals surface area contributed by atoms with Crippen molar-refractivity contribution in [3.8, 4) is 11.5 Å². The number of phenolic OH excluding ortho intramolecular Hbond substituents is 1. The topological polar surface area (TPSA) is 114 Å². The number of rotatable bonds is 5. The molecular formula is C17H15N3O5S. The van der Waals surface area contributed by atoms with Crippen molar-refractivity contribution < 1.29 is 19.6 Å². The van der Waals surface area contributed by atoms with E-state index in [2.05, 4.69) is 10.6 Å². The first-order valence-electron chi connectivity index (χ1n) is 7.30. The summed E-state index contributed by atoms with van der Waals surface area (Å²) < 4.78 is 5.05. The molecule has 0 heterocycles. The Morgan fingerprint density at radius 3 is 2.58 bits per heavy atom. The molecule has 1 amide bonds. The van der Waals surface area contributed by atoms with Gasteiger partial charge in [-0.3, -0.25) is 20.2 Å². The summed E-state index contributed by atoms with van der Waals surface area (Å²) in [7, 11) is 1.56. The second-order valence-corrected chi connectivity index (χ2v) is 5.42. The lowest BCUT2D eigenvalue weighted by atomic mass is 10.2. The second-order valence-electron chi connectivity index (χ2n) is 5.01. The number of carbonyl (C=O) groups is 1. The molecule has 0 spiro atoms. The van der Waals surface area contributed by atoms with Crippen molar-refractivity contribution in [2.24, 2.45) is 0 Å². The molecule has 0 aromatic heterocycles. The maximum atomic E-state index is 11.9. The summed E-state index contributed by atoms with van der Waals surface area (Å²) >= 11 is 4.97. The Bertz CT molecular complexity index is 865. The van der Waals surface area contributed by atoms with Crippen molar-refractivity contribution in [1.82, 2.24) is 5.32 Å². The zero-order valence-electron chi connectivity index (χ0n) is 13.6. The van der Waals surface area contributed by atoms with Gasteiger partial charge in [0, 0.05) is 18.2 Å². The van der Waals surface area contributed by atoms with Gasteiger partial charge in [0.2, 0.25) is 5.91 Å². The van der Waals surface area contributed by atoms with E-state index in [1.165, 1.54) is 6.08 Å². The largest absolute Gasteiger partial charge is 0.506 e. The molecule has 0 fully saturated rings. The quantitative estimate of drug-likeness (QED) is 0.243. The number of nitro benzene ring substituents is 1. The number of amides is 1. The third-order valence-corrected chi connectivity index (χ3v) is 3.42. The number of hydrogen-bond donors (Lipinski definition) is 3. The van der Waals surface area contributed by atoms with Crippen LogP contribution in [0.4, 0.5) is 11.4 Å². The first-order chi connectivity index (χ1) is 12.4. The van der Waals surface area contributed by atoms with E-state index in [-0.39, 0.29) is 22.2 Å². The van der Waals surface area contributed by atoms with E-state index in [9.17, 15) is 20.0 Å². The van der Waals surface area contributed by atoms with Crippen LogP contribution >= 0.6 is 12.2 Å². The van der Waals surface area contributed by atoms with E-state index in [4.69, 9.17) is 17.0 Å². The summed E-state index contributed by atoms with van der Waals surface area (Å²) in [5, 5.41) is 25.3. The predicted octanol–water partition coefficient (Wildman–Crippen LogP) is 2.84. The molecule has 0 aliphatic rings. The van der Waals surface area contributed by atoms with Crippen LogP contribution in [0, 0.1) is 10.1 Å².